The summed E-state index contributed by atoms with van der Waals surface area (Å²) >= 11 is 0. The number of nitrogens with zero attached hydrogens (tertiary/aromatic N) is 2. The number of hydrogen-bond acceptors (Lipinski definition) is 2. The molecule has 0 bridgehead atoms. The van der Waals surface area contributed by atoms with E-state index in [0.29, 0.717) is 17.8 Å². The first-order valence-corrected chi connectivity index (χ1v) is 7.08. The van der Waals surface area contributed by atoms with Crippen molar-refractivity contribution in [2.24, 2.45) is 0 Å². The number of halogens is 1. The second kappa shape index (κ2) is 5.63. The lowest BCUT2D eigenvalue weighted by atomic mass is 10.1. The largest absolute Gasteiger partial charge is 0.350 e. The molecule has 0 aliphatic heterocycles. The molecule has 3 aromatic rings. The fraction of sp³-hybridized carbons (Fsp3) is 0.250. The maximum absolute atomic E-state index is 13.4. The number of amides is 1. The summed E-state index contributed by atoms with van der Waals surface area (Å²) in [7, 11) is 0. The van der Waals surface area contributed by atoms with Crippen molar-refractivity contribution in [2.45, 2.75) is 26.4 Å². The average Bonchev–Trinajstić information content (AvgIpc) is 3.07. The van der Waals surface area contributed by atoms with Crippen molar-refractivity contribution in [3.8, 4) is 0 Å². The molecule has 5 nitrogen and oxygen atoms in total. The number of aromatic amines is 1. The number of carbonyl (C=O) groups is 1. The summed E-state index contributed by atoms with van der Waals surface area (Å²) in [5, 5.41) is 3.77. The van der Waals surface area contributed by atoms with Crippen molar-refractivity contribution in [3.63, 3.8) is 0 Å². The highest BCUT2D eigenvalue weighted by Crippen LogP contribution is 2.21. The molecule has 0 aliphatic rings. The van der Waals surface area contributed by atoms with Crippen LogP contribution in [0, 0.1) is 12.7 Å². The number of fused-ring (bicyclic) bond motifs is 1. The van der Waals surface area contributed by atoms with E-state index in [2.05, 4.69) is 15.3 Å². The molecule has 2 heterocycles. The van der Waals surface area contributed by atoms with Crippen LogP contribution in [0.3, 0.4) is 0 Å². The van der Waals surface area contributed by atoms with Crippen LogP contribution in [-0.2, 0) is 6.54 Å². The maximum atomic E-state index is 13.4. The predicted octanol–water partition coefficient (Wildman–Crippen LogP) is 2.63. The molecule has 22 heavy (non-hydrogen) atoms. The lowest BCUT2D eigenvalue weighted by Gasteiger charge is -2.13. The normalized spacial score (nSPS) is 12.5. The van der Waals surface area contributed by atoms with Gasteiger partial charge < -0.3 is 14.9 Å². The smallest absolute Gasteiger partial charge is 0.267 e. The second-order valence-corrected chi connectivity index (χ2v) is 5.50. The van der Waals surface area contributed by atoms with Crippen LogP contribution in [0.25, 0.3) is 10.9 Å². The maximum Gasteiger partial charge on any atom is 0.267 e. The Labute approximate surface area is 127 Å². The lowest BCUT2D eigenvalue weighted by molar-refractivity contribution is 0.0932. The second-order valence-electron chi connectivity index (χ2n) is 5.50. The summed E-state index contributed by atoms with van der Waals surface area (Å²) in [6.45, 7) is 4.38. The number of aromatic nitrogens is 3. The highest BCUT2D eigenvalue weighted by molar-refractivity contribution is 5.98. The van der Waals surface area contributed by atoms with Gasteiger partial charge in [0.1, 0.15) is 11.5 Å². The van der Waals surface area contributed by atoms with E-state index in [0.717, 1.165) is 10.9 Å². The lowest BCUT2D eigenvalue weighted by Crippen LogP contribution is -2.35. The third-order valence-electron chi connectivity index (χ3n) is 3.58. The Balaban J connectivity index is 1.76. The van der Waals surface area contributed by atoms with E-state index in [9.17, 15) is 9.18 Å². The number of aryl methyl sites for hydroxylation is 1. The van der Waals surface area contributed by atoms with Crippen molar-refractivity contribution in [3.05, 3.63) is 54.0 Å². The molecule has 0 unspecified atom stereocenters. The van der Waals surface area contributed by atoms with Crippen molar-refractivity contribution >= 4 is 16.8 Å². The Kier molecular flexibility index (Phi) is 3.66. The number of H-pyrrole nitrogens is 1. The van der Waals surface area contributed by atoms with Crippen LogP contribution >= 0.6 is 0 Å². The van der Waals surface area contributed by atoms with Gasteiger partial charge in [-0.3, -0.25) is 4.79 Å². The average molecular weight is 300 g/mol. The van der Waals surface area contributed by atoms with Gasteiger partial charge in [0.25, 0.3) is 5.91 Å². The number of imidazole rings is 1. The van der Waals surface area contributed by atoms with Crippen LogP contribution in [0.2, 0.25) is 0 Å². The fourth-order valence-electron chi connectivity index (χ4n) is 2.56. The van der Waals surface area contributed by atoms with Gasteiger partial charge in [0, 0.05) is 35.9 Å². The molecule has 1 aromatic carbocycles. The van der Waals surface area contributed by atoms with Gasteiger partial charge in [-0.1, -0.05) is 0 Å². The van der Waals surface area contributed by atoms with E-state index in [1.807, 2.05) is 24.6 Å². The standard InChI is InChI=1S/C16H17FN4O/c1-10-5-12(17)6-14-13(10)7-15(20-14)16(22)19-11(2)8-21-4-3-18-9-21/h3-7,9,11,20H,8H2,1-2H3,(H,19,22)/t11-/m0/s1. The molecule has 0 saturated heterocycles. The fourth-order valence-corrected chi connectivity index (χ4v) is 2.56. The van der Waals surface area contributed by atoms with Crippen LogP contribution < -0.4 is 5.32 Å². The third-order valence-corrected chi connectivity index (χ3v) is 3.58. The van der Waals surface area contributed by atoms with Crippen LogP contribution in [0.4, 0.5) is 4.39 Å². The van der Waals surface area contributed by atoms with E-state index in [1.54, 1.807) is 18.6 Å². The van der Waals surface area contributed by atoms with Crippen LogP contribution in [0.5, 0.6) is 0 Å². The summed E-state index contributed by atoms with van der Waals surface area (Å²) in [5.41, 5.74) is 1.86. The number of nitrogens with one attached hydrogen (secondary N) is 2. The number of carbonyl (C=O) groups excluding carboxylic acids is 1. The topological polar surface area (TPSA) is 62.7 Å². The van der Waals surface area contributed by atoms with Crippen LogP contribution in [0.15, 0.2) is 36.9 Å². The van der Waals surface area contributed by atoms with Crippen molar-refractivity contribution < 1.29 is 9.18 Å². The zero-order valence-corrected chi connectivity index (χ0v) is 12.4. The van der Waals surface area contributed by atoms with Crippen LogP contribution in [-0.4, -0.2) is 26.5 Å². The van der Waals surface area contributed by atoms with E-state index >= 15 is 0 Å². The van der Waals surface area contributed by atoms with E-state index in [-0.39, 0.29) is 17.8 Å². The van der Waals surface area contributed by atoms with Gasteiger partial charge in [0.2, 0.25) is 0 Å². The number of rotatable bonds is 4. The molecule has 0 fully saturated rings. The quantitative estimate of drug-likeness (QED) is 0.778. The Morgan fingerprint density at radius 3 is 3.00 bits per heavy atom. The third kappa shape index (κ3) is 2.86. The Hall–Kier alpha value is -2.63. The summed E-state index contributed by atoms with van der Waals surface area (Å²) < 4.78 is 15.3. The SMILES string of the molecule is Cc1cc(F)cc2[nH]c(C(=O)N[C@@H](C)Cn3ccnc3)cc12. The predicted molar refractivity (Wildman–Crippen MR) is 82.1 cm³/mol. The Morgan fingerprint density at radius 2 is 2.27 bits per heavy atom. The van der Waals surface area contributed by atoms with E-state index in [4.69, 9.17) is 0 Å². The van der Waals surface area contributed by atoms with E-state index < -0.39 is 0 Å². The molecule has 0 aliphatic carbocycles. The van der Waals surface area contributed by atoms with Gasteiger partial charge in [-0.15, -0.1) is 0 Å². The van der Waals surface area contributed by atoms with Gasteiger partial charge in [-0.05, 0) is 37.6 Å². The summed E-state index contributed by atoms with van der Waals surface area (Å²) in [6, 6.07) is 4.56. The van der Waals surface area contributed by atoms with Gasteiger partial charge in [-0.2, -0.15) is 0 Å². The molecule has 0 radical (unpaired) electrons. The van der Waals surface area contributed by atoms with Crippen molar-refractivity contribution in [1.82, 2.24) is 19.9 Å². The molecule has 114 valence electrons. The monoisotopic (exact) mass is 300 g/mol. The molecule has 6 heteroatoms. The first-order valence-electron chi connectivity index (χ1n) is 7.08. The zero-order valence-electron chi connectivity index (χ0n) is 12.4. The number of benzene rings is 1. The molecule has 2 aromatic heterocycles. The first kappa shape index (κ1) is 14.3. The van der Waals surface area contributed by atoms with Crippen LogP contribution in [0.1, 0.15) is 23.0 Å². The van der Waals surface area contributed by atoms with Gasteiger partial charge in [0.15, 0.2) is 0 Å². The molecule has 0 spiro atoms. The van der Waals surface area contributed by atoms with Gasteiger partial charge >= 0.3 is 0 Å². The molecule has 3 rings (SSSR count). The number of hydrogen-bond donors (Lipinski definition) is 2. The molecule has 0 saturated carbocycles. The minimum absolute atomic E-state index is 0.0501. The molecule has 1 atom stereocenters. The molecule has 1 amide bonds. The molecular weight excluding hydrogens is 283 g/mol. The molecule has 2 N–H and O–H groups in total. The van der Waals surface area contributed by atoms with Crippen molar-refractivity contribution in [2.75, 3.05) is 0 Å². The molecular formula is C16H17FN4O. The zero-order chi connectivity index (χ0) is 15.7. The highest BCUT2D eigenvalue weighted by Gasteiger charge is 2.14. The summed E-state index contributed by atoms with van der Waals surface area (Å²) in [4.78, 5) is 19.2. The minimum Gasteiger partial charge on any atom is -0.350 e. The Bertz CT molecular complexity index is 807. The van der Waals surface area contributed by atoms with Gasteiger partial charge in [-0.25, -0.2) is 9.37 Å². The van der Waals surface area contributed by atoms with Crippen molar-refractivity contribution in [1.29, 1.82) is 0 Å². The first-order chi connectivity index (χ1) is 10.5. The highest BCUT2D eigenvalue weighted by atomic mass is 19.1. The summed E-state index contributed by atoms with van der Waals surface area (Å²) in [5.74, 6) is -0.518. The Morgan fingerprint density at radius 1 is 1.45 bits per heavy atom. The van der Waals surface area contributed by atoms with Gasteiger partial charge in [0.05, 0.1) is 6.33 Å². The minimum atomic E-state index is -0.313. The summed E-state index contributed by atoms with van der Waals surface area (Å²) in [6.07, 6.45) is 5.25. The van der Waals surface area contributed by atoms with E-state index in [1.165, 1.54) is 12.1 Å².